The van der Waals surface area contributed by atoms with Crippen LogP contribution in [0.4, 0.5) is 0 Å². The summed E-state index contributed by atoms with van der Waals surface area (Å²) >= 11 is 3.25. The van der Waals surface area contributed by atoms with Crippen LogP contribution < -0.4 is 10.6 Å². The normalized spacial score (nSPS) is 15.3. The molecule has 1 aromatic rings. The molecule has 0 aromatic carbocycles. The molecule has 2 N–H and O–H groups in total. The molecule has 0 unspecified atom stereocenters. The van der Waals surface area contributed by atoms with Crippen molar-refractivity contribution < 1.29 is 4.42 Å². The third-order valence-electron chi connectivity index (χ3n) is 1.76. The highest BCUT2D eigenvalue weighted by Crippen LogP contribution is 2.13. The van der Waals surface area contributed by atoms with Gasteiger partial charge in [-0.1, -0.05) is 0 Å². The van der Waals surface area contributed by atoms with Crippen molar-refractivity contribution in [3.05, 3.63) is 22.6 Å². The molecular formula is C8H10BrN3O. The molecule has 0 aliphatic carbocycles. The third-order valence-corrected chi connectivity index (χ3v) is 2.17. The Labute approximate surface area is 84.5 Å². The monoisotopic (exact) mass is 243 g/mol. The van der Waals surface area contributed by atoms with Gasteiger partial charge in [0.05, 0.1) is 12.8 Å². The molecule has 0 saturated carbocycles. The van der Waals surface area contributed by atoms with Crippen molar-refractivity contribution in [2.45, 2.75) is 6.54 Å². The maximum Gasteiger partial charge on any atom is 0.191 e. The van der Waals surface area contributed by atoms with Gasteiger partial charge in [0.1, 0.15) is 0 Å². The van der Waals surface area contributed by atoms with Crippen LogP contribution in [0, 0.1) is 0 Å². The smallest absolute Gasteiger partial charge is 0.191 e. The molecule has 0 bridgehead atoms. The molecular weight excluding hydrogens is 234 g/mol. The zero-order valence-corrected chi connectivity index (χ0v) is 8.60. The molecule has 1 aliphatic heterocycles. The molecule has 2 rings (SSSR count). The van der Waals surface area contributed by atoms with Crippen molar-refractivity contribution in [2.24, 2.45) is 4.99 Å². The van der Waals surface area contributed by atoms with Gasteiger partial charge in [0, 0.05) is 18.7 Å². The Kier molecular flexibility index (Phi) is 2.54. The van der Waals surface area contributed by atoms with Gasteiger partial charge in [-0.3, -0.25) is 4.99 Å². The summed E-state index contributed by atoms with van der Waals surface area (Å²) in [6.07, 6.45) is 1.71. The molecule has 1 aromatic heterocycles. The molecule has 0 radical (unpaired) electrons. The summed E-state index contributed by atoms with van der Waals surface area (Å²) in [5.41, 5.74) is 1.10. The van der Waals surface area contributed by atoms with E-state index in [9.17, 15) is 0 Å². The van der Waals surface area contributed by atoms with Gasteiger partial charge in [0.25, 0.3) is 0 Å². The second kappa shape index (κ2) is 3.83. The van der Waals surface area contributed by atoms with Crippen LogP contribution in [0.25, 0.3) is 0 Å². The first-order valence-corrected chi connectivity index (χ1v) is 4.89. The molecule has 0 atom stereocenters. The SMILES string of the molecule is Brc1cc(CNC2=NCCN2)co1. The summed E-state index contributed by atoms with van der Waals surface area (Å²) in [6, 6.07) is 1.93. The van der Waals surface area contributed by atoms with Crippen molar-refractivity contribution in [1.82, 2.24) is 10.6 Å². The van der Waals surface area contributed by atoms with Crippen LogP contribution >= 0.6 is 15.9 Å². The highest BCUT2D eigenvalue weighted by atomic mass is 79.9. The van der Waals surface area contributed by atoms with Crippen molar-refractivity contribution in [3.8, 4) is 0 Å². The van der Waals surface area contributed by atoms with Crippen molar-refractivity contribution in [3.63, 3.8) is 0 Å². The second-order valence-corrected chi connectivity index (χ2v) is 3.55. The molecule has 4 nitrogen and oxygen atoms in total. The fraction of sp³-hybridized carbons (Fsp3) is 0.375. The number of furan rings is 1. The molecule has 5 heteroatoms. The van der Waals surface area contributed by atoms with E-state index in [-0.39, 0.29) is 0 Å². The number of aliphatic imine (C=N–C) groups is 1. The second-order valence-electron chi connectivity index (χ2n) is 2.77. The van der Waals surface area contributed by atoms with E-state index in [0.29, 0.717) is 0 Å². The Morgan fingerprint density at radius 3 is 3.23 bits per heavy atom. The zero-order chi connectivity index (χ0) is 9.10. The van der Waals surface area contributed by atoms with E-state index in [0.717, 1.165) is 35.8 Å². The van der Waals surface area contributed by atoms with E-state index in [2.05, 4.69) is 31.6 Å². The largest absolute Gasteiger partial charge is 0.457 e. The number of rotatable bonds is 2. The van der Waals surface area contributed by atoms with Crippen LogP contribution in [-0.2, 0) is 6.54 Å². The Balaban J connectivity index is 1.85. The lowest BCUT2D eigenvalue weighted by molar-refractivity contribution is 0.538. The zero-order valence-electron chi connectivity index (χ0n) is 7.01. The molecule has 2 heterocycles. The van der Waals surface area contributed by atoms with Gasteiger partial charge in [-0.05, 0) is 22.0 Å². The molecule has 0 saturated heterocycles. The standard InChI is InChI=1S/C8H10BrN3O/c9-7-3-6(5-13-7)4-12-8-10-1-2-11-8/h3,5H,1-2,4H2,(H2,10,11,12). The van der Waals surface area contributed by atoms with Crippen LogP contribution in [0.3, 0.4) is 0 Å². The van der Waals surface area contributed by atoms with Crippen molar-refractivity contribution >= 4 is 21.9 Å². The fourth-order valence-electron chi connectivity index (χ4n) is 1.14. The molecule has 0 amide bonds. The first kappa shape index (κ1) is 8.62. The number of guanidine groups is 1. The Morgan fingerprint density at radius 1 is 1.69 bits per heavy atom. The fourth-order valence-corrected chi connectivity index (χ4v) is 1.53. The van der Waals surface area contributed by atoms with E-state index < -0.39 is 0 Å². The number of nitrogens with zero attached hydrogens (tertiary/aromatic N) is 1. The number of hydrogen-bond donors (Lipinski definition) is 2. The van der Waals surface area contributed by atoms with E-state index in [1.807, 2.05) is 6.07 Å². The maximum absolute atomic E-state index is 5.10. The topological polar surface area (TPSA) is 49.6 Å². The first-order chi connectivity index (χ1) is 6.34. The summed E-state index contributed by atoms with van der Waals surface area (Å²) in [5, 5.41) is 6.30. The van der Waals surface area contributed by atoms with Crippen LogP contribution in [0.1, 0.15) is 5.56 Å². The summed E-state index contributed by atoms with van der Waals surface area (Å²) < 4.78 is 5.85. The van der Waals surface area contributed by atoms with Crippen LogP contribution in [0.15, 0.2) is 26.4 Å². The van der Waals surface area contributed by atoms with E-state index in [1.165, 1.54) is 0 Å². The van der Waals surface area contributed by atoms with Crippen LogP contribution in [0.2, 0.25) is 0 Å². The summed E-state index contributed by atoms with van der Waals surface area (Å²) in [4.78, 5) is 4.21. The predicted octanol–water partition coefficient (Wildman–Crippen LogP) is 1.09. The third kappa shape index (κ3) is 2.24. The maximum atomic E-state index is 5.10. The van der Waals surface area contributed by atoms with E-state index >= 15 is 0 Å². The van der Waals surface area contributed by atoms with Gasteiger partial charge in [-0.25, -0.2) is 0 Å². The van der Waals surface area contributed by atoms with Crippen molar-refractivity contribution in [2.75, 3.05) is 13.1 Å². The Hall–Kier alpha value is -0.970. The molecule has 70 valence electrons. The van der Waals surface area contributed by atoms with Gasteiger partial charge < -0.3 is 15.1 Å². The van der Waals surface area contributed by atoms with E-state index in [1.54, 1.807) is 6.26 Å². The quantitative estimate of drug-likeness (QED) is 0.818. The molecule has 0 fully saturated rings. The Bertz CT molecular complexity index is 321. The summed E-state index contributed by atoms with van der Waals surface area (Å²) in [7, 11) is 0. The minimum atomic E-state index is 0.737. The lowest BCUT2D eigenvalue weighted by atomic mass is 10.3. The lowest BCUT2D eigenvalue weighted by Gasteiger charge is -2.03. The van der Waals surface area contributed by atoms with Crippen LogP contribution in [0.5, 0.6) is 0 Å². The average molecular weight is 244 g/mol. The van der Waals surface area contributed by atoms with Crippen LogP contribution in [-0.4, -0.2) is 19.0 Å². The van der Waals surface area contributed by atoms with Gasteiger partial charge in [0.15, 0.2) is 10.6 Å². The first-order valence-electron chi connectivity index (χ1n) is 4.10. The number of halogens is 1. The molecule has 13 heavy (non-hydrogen) atoms. The van der Waals surface area contributed by atoms with E-state index in [4.69, 9.17) is 4.42 Å². The highest BCUT2D eigenvalue weighted by Gasteiger charge is 2.04. The molecule has 0 spiro atoms. The highest BCUT2D eigenvalue weighted by molar-refractivity contribution is 9.10. The lowest BCUT2D eigenvalue weighted by Crippen LogP contribution is -2.33. The minimum absolute atomic E-state index is 0.737. The van der Waals surface area contributed by atoms with Gasteiger partial charge in [-0.15, -0.1) is 0 Å². The molecule has 1 aliphatic rings. The number of nitrogens with one attached hydrogen (secondary N) is 2. The summed E-state index contributed by atoms with van der Waals surface area (Å²) in [5.74, 6) is 0.873. The Morgan fingerprint density at radius 2 is 2.62 bits per heavy atom. The van der Waals surface area contributed by atoms with Gasteiger partial charge in [-0.2, -0.15) is 0 Å². The van der Waals surface area contributed by atoms with Gasteiger partial charge >= 0.3 is 0 Å². The minimum Gasteiger partial charge on any atom is -0.457 e. The average Bonchev–Trinajstić information content (AvgIpc) is 2.71. The van der Waals surface area contributed by atoms with Gasteiger partial charge in [0.2, 0.25) is 0 Å². The van der Waals surface area contributed by atoms with Crippen molar-refractivity contribution in [1.29, 1.82) is 0 Å². The summed E-state index contributed by atoms with van der Waals surface area (Å²) in [6.45, 7) is 2.52. The predicted molar refractivity (Wildman–Crippen MR) is 53.6 cm³/mol. The number of hydrogen-bond acceptors (Lipinski definition) is 4.